The minimum Gasteiger partial charge on any atom is -0.508 e. The number of hydrogen-bond acceptors (Lipinski definition) is 4. The van der Waals surface area contributed by atoms with Crippen molar-refractivity contribution in [3.8, 4) is 11.5 Å². The zero-order valence-electron chi connectivity index (χ0n) is 10.5. The number of aromatic hydroxyl groups is 1. The van der Waals surface area contributed by atoms with Crippen LogP contribution in [0.1, 0.15) is 19.8 Å². The topological polar surface area (TPSA) is 87.1 Å². The molecule has 1 aromatic carbocycles. The van der Waals surface area contributed by atoms with Crippen molar-refractivity contribution >= 4 is 17.6 Å². The van der Waals surface area contributed by atoms with E-state index in [-0.39, 0.29) is 24.6 Å². The normalized spacial score (nSPS) is 17.8. The van der Waals surface area contributed by atoms with Gasteiger partial charge in [-0.05, 0) is 18.6 Å². The molecule has 0 fully saturated rings. The van der Waals surface area contributed by atoms with E-state index in [1.807, 2.05) is 6.92 Å². The number of phenolic OH excluding ortho intramolecular Hbond substituents is 1. The van der Waals surface area contributed by atoms with Gasteiger partial charge in [0.25, 0.3) is 5.91 Å². The van der Waals surface area contributed by atoms with Crippen molar-refractivity contribution in [2.45, 2.75) is 25.9 Å². The quantitative estimate of drug-likeness (QED) is 0.858. The van der Waals surface area contributed by atoms with E-state index in [1.165, 1.54) is 17.0 Å². The summed E-state index contributed by atoms with van der Waals surface area (Å²) < 4.78 is 5.51. The Morgan fingerprint density at radius 1 is 1.47 bits per heavy atom. The Kier molecular flexibility index (Phi) is 3.59. The van der Waals surface area contributed by atoms with Gasteiger partial charge in [0, 0.05) is 12.6 Å². The van der Waals surface area contributed by atoms with Crippen LogP contribution in [0.4, 0.5) is 5.69 Å². The fraction of sp³-hybridized carbons (Fsp3) is 0.385. The van der Waals surface area contributed by atoms with Gasteiger partial charge in [0.2, 0.25) is 0 Å². The molecule has 19 heavy (non-hydrogen) atoms. The average Bonchev–Trinajstić information content (AvgIpc) is 2.37. The van der Waals surface area contributed by atoms with Gasteiger partial charge in [-0.1, -0.05) is 6.92 Å². The molecule has 0 spiro atoms. The van der Waals surface area contributed by atoms with Crippen LogP contribution in [-0.4, -0.2) is 34.7 Å². The minimum absolute atomic E-state index is 0.0427. The van der Waals surface area contributed by atoms with Crippen molar-refractivity contribution in [1.82, 2.24) is 0 Å². The number of phenols is 1. The highest BCUT2D eigenvalue weighted by atomic mass is 16.5. The zero-order chi connectivity index (χ0) is 14.0. The van der Waals surface area contributed by atoms with Crippen LogP contribution in [0.25, 0.3) is 0 Å². The van der Waals surface area contributed by atoms with Gasteiger partial charge in [0.1, 0.15) is 11.5 Å². The lowest BCUT2D eigenvalue weighted by Gasteiger charge is -2.33. The predicted molar refractivity (Wildman–Crippen MR) is 67.4 cm³/mol. The van der Waals surface area contributed by atoms with Crippen LogP contribution >= 0.6 is 0 Å². The Hall–Kier alpha value is -2.24. The van der Waals surface area contributed by atoms with Crippen molar-refractivity contribution in [3.63, 3.8) is 0 Å². The third kappa shape index (κ3) is 2.62. The second-order valence-corrected chi connectivity index (χ2v) is 4.30. The first-order valence-electron chi connectivity index (χ1n) is 6.05. The maximum atomic E-state index is 12.2. The first-order valence-corrected chi connectivity index (χ1v) is 6.05. The maximum Gasteiger partial charge on any atom is 0.305 e. The third-order valence-electron chi connectivity index (χ3n) is 2.96. The second kappa shape index (κ2) is 5.17. The number of anilines is 1. The molecule has 1 aliphatic rings. The summed E-state index contributed by atoms with van der Waals surface area (Å²) in [4.78, 5) is 24.2. The Morgan fingerprint density at radius 2 is 2.21 bits per heavy atom. The number of carboxylic acids is 1. The predicted octanol–water partition coefficient (Wildman–Crippen LogP) is 1.37. The summed E-state index contributed by atoms with van der Waals surface area (Å²) in [5.41, 5.74) is 0.494. The molecule has 2 N–H and O–H groups in total. The van der Waals surface area contributed by atoms with E-state index in [4.69, 9.17) is 9.84 Å². The Bertz CT molecular complexity index is 514. The van der Waals surface area contributed by atoms with E-state index in [9.17, 15) is 14.7 Å². The lowest BCUT2D eigenvalue weighted by Crippen LogP contribution is -2.46. The molecule has 102 valence electrons. The molecule has 1 aromatic rings. The minimum atomic E-state index is -0.965. The molecule has 1 atom stereocenters. The molecule has 0 saturated carbocycles. The van der Waals surface area contributed by atoms with Crippen molar-refractivity contribution in [3.05, 3.63) is 18.2 Å². The fourth-order valence-electron chi connectivity index (χ4n) is 2.01. The number of ether oxygens (including phenoxy) is 1. The molecule has 0 aliphatic carbocycles. The SMILES string of the molecule is CCC1Oc2cc(O)ccc2N(CCC(=O)O)C1=O. The van der Waals surface area contributed by atoms with Gasteiger partial charge in [0.15, 0.2) is 6.10 Å². The molecule has 0 saturated heterocycles. The summed E-state index contributed by atoms with van der Waals surface area (Å²) in [6.07, 6.45) is -0.289. The number of amides is 1. The van der Waals surface area contributed by atoms with Gasteiger partial charge >= 0.3 is 5.97 Å². The van der Waals surface area contributed by atoms with Crippen LogP contribution in [-0.2, 0) is 9.59 Å². The molecular formula is C13H15NO5. The number of carbonyl (C=O) groups is 2. The monoisotopic (exact) mass is 265 g/mol. The Balaban J connectivity index is 2.34. The number of aliphatic carboxylic acids is 1. The van der Waals surface area contributed by atoms with E-state index in [2.05, 4.69) is 0 Å². The van der Waals surface area contributed by atoms with Gasteiger partial charge in [-0.2, -0.15) is 0 Å². The zero-order valence-corrected chi connectivity index (χ0v) is 10.5. The first kappa shape index (κ1) is 13.2. The molecular weight excluding hydrogens is 250 g/mol. The Labute approximate surface area is 110 Å². The lowest BCUT2D eigenvalue weighted by molar-refractivity contribution is -0.136. The number of hydrogen-bond donors (Lipinski definition) is 2. The molecule has 6 nitrogen and oxygen atoms in total. The number of fused-ring (bicyclic) bond motifs is 1. The smallest absolute Gasteiger partial charge is 0.305 e. The summed E-state index contributed by atoms with van der Waals surface area (Å²) in [7, 11) is 0. The average molecular weight is 265 g/mol. The number of nitrogens with zero attached hydrogens (tertiary/aromatic N) is 1. The molecule has 1 amide bonds. The number of carboxylic acid groups (broad SMARTS) is 1. The van der Waals surface area contributed by atoms with Crippen molar-refractivity contribution in [1.29, 1.82) is 0 Å². The molecule has 0 bridgehead atoms. The van der Waals surface area contributed by atoms with Crippen LogP contribution in [0.5, 0.6) is 11.5 Å². The molecule has 0 aromatic heterocycles. The number of benzene rings is 1. The van der Waals surface area contributed by atoms with Crippen LogP contribution in [0.2, 0.25) is 0 Å². The summed E-state index contributed by atoms with van der Waals surface area (Å²) in [6.45, 7) is 1.90. The van der Waals surface area contributed by atoms with Crippen LogP contribution in [0.15, 0.2) is 18.2 Å². The summed E-state index contributed by atoms with van der Waals surface area (Å²) in [5.74, 6) is -0.771. The van der Waals surface area contributed by atoms with Crippen LogP contribution in [0, 0.1) is 0 Å². The highest BCUT2D eigenvalue weighted by Gasteiger charge is 2.33. The molecule has 1 unspecified atom stereocenters. The fourth-order valence-corrected chi connectivity index (χ4v) is 2.01. The van der Waals surface area contributed by atoms with Gasteiger partial charge in [-0.3, -0.25) is 9.59 Å². The molecule has 6 heteroatoms. The van der Waals surface area contributed by atoms with Gasteiger partial charge in [0.05, 0.1) is 12.1 Å². The largest absolute Gasteiger partial charge is 0.508 e. The third-order valence-corrected chi connectivity index (χ3v) is 2.96. The first-order chi connectivity index (χ1) is 9.02. The number of rotatable bonds is 4. The van der Waals surface area contributed by atoms with Gasteiger partial charge in [-0.25, -0.2) is 0 Å². The van der Waals surface area contributed by atoms with Crippen LogP contribution in [0.3, 0.4) is 0 Å². The van der Waals surface area contributed by atoms with Gasteiger partial charge in [-0.15, -0.1) is 0 Å². The lowest BCUT2D eigenvalue weighted by atomic mass is 10.1. The molecule has 2 rings (SSSR count). The number of carbonyl (C=O) groups excluding carboxylic acids is 1. The summed E-state index contributed by atoms with van der Waals surface area (Å²) >= 11 is 0. The standard InChI is InChI=1S/C13H15NO5/c1-2-10-13(18)14(6-5-12(16)17)9-4-3-8(15)7-11(9)19-10/h3-4,7,10,15H,2,5-6H2,1H3,(H,16,17). The second-order valence-electron chi connectivity index (χ2n) is 4.30. The molecule has 0 radical (unpaired) electrons. The van der Waals surface area contributed by atoms with Crippen molar-refractivity contribution in [2.75, 3.05) is 11.4 Å². The molecule has 1 aliphatic heterocycles. The van der Waals surface area contributed by atoms with Crippen molar-refractivity contribution in [2.24, 2.45) is 0 Å². The van der Waals surface area contributed by atoms with E-state index >= 15 is 0 Å². The highest BCUT2D eigenvalue weighted by Crippen LogP contribution is 2.37. The highest BCUT2D eigenvalue weighted by molar-refractivity contribution is 6.00. The summed E-state index contributed by atoms with van der Waals surface area (Å²) in [5, 5.41) is 18.2. The van der Waals surface area contributed by atoms with Crippen LogP contribution < -0.4 is 9.64 Å². The van der Waals surface area contributed by atoms with E-state index < -0.39 is 12.1 Å². The van der Waals surface area contributed by atoms with Crippen molar-refractivity contribution < 1.29 is 24.5 Å². The van der Waals surface area contributed by atoms with E-state index in [1.54, 1.807) is 6.07 Å². The summed E-state index contributed by atoms with van der Waals surface area (Å²) in [6, 6.07) is 4.42. The van der Waals surface area contributed by atoms with E-state index in [0.29, 0.717) is 17.9 Å². The molecule has 1 heterocycles. The van der Waals surface area contributed by atoms with Gasteiger partial charge < -0.3 is 19.8 Å². The Morgan fingerprint density at radius 3 is 2.84 bits per heavy atom. The van der Waals surface area contributed by atoms with E-state index in [0.717, 1.165) is 0 Å². The maximum absolute atomic E-state index is 12.2.